The molecular formula is C13H21N5. The lowest BCUT2D eigenvalue weighted by atomic mass is 10.1. The van der Waals surface area contributed by atoms with Gasteiger partial charge in [-0.15, -0.1) is 0 Å². The molecule has 18 heavy (non-hydrogen) atoms. The molecule has 0 saturated heterocycles. The van der Waals surface area contributed by atoms with E-state index >= 15 is 0 Å². The summed E-state index contributed by atoms with van der Waals surface area (Å²) in [6.45, 7) is 7.54. The first-order chi connectivity index (χ1) is 8.63. The van der Waals surface area contributed by atoms with Gasteiger partial charge < -0.3 is 10.6 Å². The van der Waals surface area contributed by atoms with Gasteiger partial charge in [0.2, 0.25) is 0 Å². The van der Waals surface area contributed by atoms with Crippen molar-refractivity contribution in [3.8, 4) is 6.07 Å². The van der Waals surface area contributed by atoms with E-state index in [9.17, 15) is 0 Å². The largest absolute Gasteiger partial charge is 0.383 e. The molecular weight excluding hydrogens is 226 g/mol. The van der Waals surface area contributed by atoms with Crippen LogP contribution in [0, 0.1) is 17.2 Å². The van der Waals surface area contributed by atoms with Crippen LogP contribution in [-0.2, 0) is 6.42 Å². The maximum Gasteiger partial charge on any atom is 0.137 e. The number of nitrogen functional groups attached to an aromatic ring is 1. The summed E-state index contributed by atoms with van der Waals surface area (Å²) in [4.78, 5) is 10.5. The zero-order chi connectivity index (χ0) is 13.5. The molecule has 1 unspecified atom stereocenters. The minimum absolute atomic E-state index is 0.0318. The van der Waals surface area contributed by atoms with Crippen LogP contribution in [0.15, 0.2) is 6.33 Å². The Morgan fingerprint density at radius 1 is 1.44 bits per heavy atom. The van der Waals surface area contributed by atoms with Crippen LogP contribution in [0.25, 0.3) is 0 Å². The summed E-state index contributed by atoms with van der Waals surface area (Å²) in [6, 6.07) is 2.25. The highest BCUT2D eigenvalue weighted by Gasteiger charge is 2.16. The minimum atomic E-state index is -0.0318. The smallest absolute Gasteiger partial charge is 0.137 e. The lowest BCUT2D eigenvalue weighted by Gasteiger charge is -2.25. The molecule has 0 radical (unpaired) electrons. The van der Waals surface area contributed by atoms with Crippen LogP contribution in [0.3, 0.4) is 0 Å². The van der Waals surface area contributed by atoms with E-state index < -0.39 is 0 Å². The summed E-state index contributed by atoms with van der Waals surface area (Å²) in [6.07, 6.45) is 3.35. The lowest BCUT2D eigenvalue weighted by molar-refractivity contribution is 0.674. The second kappa shape index (κ2) is 6.80. The van der Waals surface area contributed by atoms with Crippen molar-refractivity contribution in [2.24, 2.45) is 5.92 Å². The van der Waals surface area contributed by atoms with Crippen molar-refractivity contribution >= 4 is 11.6 Å². The van der Waals surface area contributed by atoms with E-state index in [0.29, 0.717) is 12.4 Å². The topological polar surface area (TPSA) is 78.8 Å². The Kier molecular flexibility index (Phi) is 5.37. The predicted molar refractivity (Wildman–Crippen MR) is 73.1 cm³/mol. The third-order valence-electron chi connectivity index (χ3n) is 2.85. The van der Waals surface area contributed by atoms with Gasteiger partial charge in [0, 0.05) is 18.7 Å². The lowest BCUT2D eigenvalue weighted by Crippen LogP contribution is -2.30. The molecule has 2 N–H and O–H groups in total. The number of nitrogens with zero attached hydrogens (tertiary/aromatic N) is 4. The molecule has 0 fully saturated rings. The van der Waals surface area contributed by atoms with Crippen molar-refractivity contribution < 1.29 is 0 Å². The average molecular weight is 247 g/mol. The summed E-state index contributed by atoms with van der Waals surface area (Å²) in [5.74, 6) is 1.38. The zero-order valence-electron chi connectivity index (χ0n) is 11.3. The molecule has 1 aromatic rings. The van der Waals surface area contributed by atoms with Gasteiger partial charge in [-0.05, 0) is 20.3 Å². The number of hydrogen-bond acceptors (Lipinski definition) is 5. The van der Waals surface area contributed by atoms with Gasteiger partial charge in [-0.2, -0.15) is 5.26 Å². The fourth-order valence-electron chi connectivity index (χ4n) is 1.92. The van der Waals surface area contributed by atoms with Crippen molar-refractivity contribution in [2.45, 2.75) is 33.6 Å². The molecule has 5 nitrogen and oxygen atoms in total. The molecule has 98 valence electrons. The van der Waals surface area contributed by atoms with Gasteiger partial charge in [0.15, 0.2) is 0 Å². The monoisotopic (exact) mass is 247 g/mol. The molecule has 1 rings (SSSR count). The normalized spacial score (nSPS) is 11.9. The quantitative estimate of drug-likeness (QED) is 0.831. The van der Waals surface area contributed by atoms with Gasteiger partial charge in [0.1, 0.15) is 18.0 Å². The molecule has 0 bridgehead atoms. The number of anilines is 2. The first-order valence-electron chi connectivity index (χ1n) is 6.37. The Morgan fingerprint density at radius 3 is 2.72 bits per heavy atom. The van der Waals surface area contributed by atoms with Crippen molar-refractivity contribution in [3.63, 3.8) is 0 Å². The molecule has 1 heterocycles. The van der Waals surface area contributed by atoms with Gasteiger partial charge in [-0.25, -0.2) is 9.97 Å². The molecule has 1 aromatic heterocycles. The van der Waals surface area contributed by atoms with Crippen molar-refractivity contribution in [1.29, 1.82) is 5.26 Å². The maximum atomic E-state index is 8.92. The van der Waals surface area contributed by atoms with Crippen LogP contribution in [0.2, 0.25) is 0 Å². The zero-order valence-corrected chi connectivity index (χ0v) is 11.3. The van der Waals surface area contributed by atoms with Gasteiger partial charge in [-0.1, -0.05) is 13.3 Å². The van der Waals surface area contributed by atoms with Crippen LogP contribution in [0.4, 0.5) is 11.6 Å². The Bertz CT molecular complexity index is 424. The minimum Gasteiger partial charge on any atom is -0.383 e. The highest BCUT2D eigenvalue weighted by Crippen LogP contribution is 2.23. The number of nitrogens with two attached hydrogens (primary N) is 1. The second-order valence-corrected chi connectivity index (χ2v) is 4.38. The first-order valence-corrected chi connectivity index (χ1v) is 6.37. The highest BCUT2D eigenvalue weighted by molar-refractivity contribution is 5.56. The Labute approximate surface area is 109 Å². The van der Waals surface area contributed by atoms with E-state index in [1.807, 2.05) is 6.92 Å². The highest BCUT2D eigenvalue weighted by atomic mass is 15.2. The van der Waals surface area contributed by atoms with Gasteiger partial charge in [0.05, 0.1) is 12.0 Å². The molecule has 5 heteroatoms. The van der Waals surface area contributed by atoms with Crippen molar-refractivity contribution in [2.75, 3.05) is 23.7 Å². The van der Waals surface area contributed by atoms with Crippen LogP contribution in [-0.4, -0.2) is 23.1 Å². The van der Waals surface area contributed by atoms with Crippen LogP contribution < -0.4 is 10.6 Å². The van der Waals surface area contributed by atoms with Gasteiger partial charge in [0.25, 0.3) is 0 Å². The number of hydrogen-bond donors (Lipinski definition) is 1. The molecule has 0 aromatic carbocycles. The molecule has 0 aliphatic rings. The van der Waals surface area contributed by atoms with E-state index in [2.05, 4.69) is 34.8 Å². The Balaban J connectivity index is 3.05. The predicted octanol–water partition coefficient (Wildman–Crippen LogP) is 2.00. The third kappa shape index (κ3) is 3.33. The van der Waals surface area contributed by atoms with E-state index in [0.717, 1.165) is 30.8 Å². The summed E-state index contributed by atoms with van der Waals surface area (Å²) >= 11 is 0. The van der Waals surface area contributed by atoms with Gasteiger partial charge in [-0.3, -0.25) is 0 Å². The van der Waals surface area contributed by atoms with Crippen LogP contribution in [0.1, 0.15) is 32.8 Å². The summed E-state index contributed by atoms with van der Waals surface area (Å²) in [5.41, 5.74) is 6.91. The summed E-state index contributed by atoms with van der Waals surface area (Å²) in [7, 11) is 0. The first kappa shape index (κ1) is 14.2. The number of nitriles is 1. The maximum absolute atomic E-state index is 8.92. The standard InChI is InChI=1S/C13H21N5/c1-4-6-11-12(15)16-9-17-13(11)18(5-2)8-10(3)7-14/h9-10H,4-6,8H2,1-3H3,(H2,15,16,17). The molecule has 0 aliphatic heterocycles. The number of aromatic nitrogens is 2. The molecule has 1 atom stereocenters. The number of rotatable bonds is 6. The van der Waals surface area contributed by atoms with Gasteiger partial charge >= 0.3 is 0 Å². The fourth-order valence-corrected chi connectivity index (χ4v) is 1.92. The average Bonchev–Trinajstić information content (AvgIpc) is 2.38. The van der Waals surface area contributed by atoms with Crippen LogP contribution in [0.5, 0.6) is 0 Å². The molecule has 0 aliphatic carbocycles. The van der Waals surface area contributed by atoms with Crippen molar-refractivity contribution in [3.05, 3.63) is 11.9 Å². The summed E-state index contributed by atoms with van der Waals surface area (Å²) in [5, 5.41) is 8.92. The Hall–Kier alpha value is -1.83. The second-order valence-electron chi connectivity index (χ2n) is 4.38. The SMILES string of the molecule is CCCc1c(N)ncnc1N(CC)CC(C)C#N. The fraction of sp³-hybridized carbons (Fsp3) is 0.615. The molecule has 0 amide bonds. The van der Waals surface area contributed by atoms with E-state index in [-0.39, 0.29) is 5.92 Å². The van der Waals surface area contributed by atoms with Crippen molar-refractivity contribution in [1.82, 2.24) is 9.97 Å². The molecule has 0 spiro atoms. The van der Waals surface area contributed by atoms with E-state index in [1.165, 1.54) is 6.33 Å². The third-order valence-corrected chi connectivity index (χ3v) is 2.85. The Morgan fingerprint density at radius 2 is 2.17 bits per heavy atom. The van der Waals surface area contributed by atoms with E-state index in [1.54, 1.807) is 0 Å². The van der Waals surface area contributed by atoms with E-state index in [4.69, 9.17) is 11.0 Å². The van der Waals surface area contributed by atoms with Crippen LogP contribution >= 0.6 is 0 Å². The molecule has 0 saturated carbocycles. The summed E-state index contributed by atoms with van der Waals surface area (Å²) < 4.78 is 0.